The van der Waals surface area contributed by atoms with E-state index in [9.17, 15) is 0 Å². The molecule has 0 amide bonds. The lowest BCUT2D eigenvalue weighted by Crippen LogP contribution is -2.45. The molecule has 0 spiro atoms. The van der Waals surface area contributed by atoms with Crippen LogP contribution in [-0.4, -0.2) is 30.1 Å². The van der Waals surface area contributed by atoms with Gasteiger partial charge in [-0.1, -0.05) is 43.7 Å². The average molecular weight is 274 g/mol. The molecule has 1 fully saturated rings. The van der Waals surface area contributed by atoms with Gasteiger partial charge in [0.25, 0.3) is 0 Å². The van der Waals surface area contributed by atoms with Crippen molar-refractivity contribution in [2.24, 2.45) is 0 Å². The Hall–Kier alpha value is -0.860. The Morgan fingerprint density at radius 3 is 2.55 bits per heavy atom. The van der Waals surface area contributed by atoms with Gasteiger partial charge in [0.15, 0.2) is 0 Å². The van der Waals surface area contributed by atoms with E-state index in [4.69, 9.17) is 0 Å². The first kappa shape index (κ1) is 15.5. The highest BCUT2D eigenvalue weighted by Crippen LogP contribution is 2.29. The van der Waals surface area contributed by atoms with E-state index in [1.54, 1.807) is 0 Å². The molecule has 2 rings (SSSR count). The molecule has 3 atom stereocenters. The zero-order chi connectivity index (χ0) is 14.5. The molecule has 3 unspecified atom stereocenters. The van der Waals surface area contributed by atoms with Crippen LogP contribution >= 0.6 is 0 Å². The summed E-state index contributed by atoms with van der Waals surface area (Å²) in [6.45, 7) is 11.4. The van der Waals surface area contributed by atoms with Crippen LogP contribution in [0, 0.1) is 6.92 Å². The van der Waals surface area contributed by atoms with Crippen LogP contribution in [0.3, 0.4) is 0 Å². The molecule has 1 aliphatic heterocycles. The first-order chi connectivity index (χ1) is 9.67. The van der Waals surface area contributed by atoms with Crippen LogP contribution in [0.2, 0.25) is 0 Å². The molecule has 0 saturated carbocycles. The van der Waals surface area contributed by atoms with Gasteiger partial charge in [-0.25, -0.2) is 0 Å². The fourth-order valence-corrected chi connectivity index (χ4v) is 3.58. The number of aryl methyl sites for hydroxylation is 1. The molecule has 0 aliphatic carbocycles. The lowest BCUT2D eigenvalue weighted by Gasteiger charge is -2.36. The molecule has 0 aromatic heterocycles. The molecule has 1 N–H and O–H groups in total. The lowest BCUT2D eigenvalue weighted by molar-refractivity contribution is 0.152. The second kappa shape index (κ2) is 7.24. The second-order valence-corrected chi connectivity index (χ2v) is 6.13. The summed E-state index contributed by atoms with van der Waals surface area (Å²) in [5, 5.41) is 3.70. The third-order valence-electron chi connectivity index (χ3n) is 4.76. The number of hydrogen-bond acceptors (Lipinski definition) is 2. The van der Waals surface area contributed by atoms with Gasteiger partial charge in [-0.05, 0) is 51.8 Å². The summed E-state index contributed by atoms with van der Waals surface area (Å²) in [4.78, 5) is 2.72. The van der Waals surface area contributed by atoms with E-state index in [0.717, 1.165) is 12.6 Å². The largest absolute Gasteiger partial charge is 0.309 e. The van der Waals surface area contributed by atoms with E-state index < -0.39 is 0 Å². The maximum Gasteiger partial charge on any atom is 0.0475 e. The van der Waals surface area contributed by atoms with E-state index in [0.29, 0.717) is 12.1 Å². The molecule has 1 aromatic rings. The normalized spacial score (nSPS) is 22.9. The molecule has 20 heavy (non-hydrogen) atoms. The Kier molecular flexibility index (Phi) is 5.62. The fourth-order valence-electron chi connectivity index (χ4n) is 3.58. The van der Waals surface area contributed by atoms with Crippen LogP contribution in [-0.2, 0) is 0 Å². The molecule has 2 heteroatoms. The quantitative estimate of drug-likeness (QED) is 0.846. The molecule has 1 saturated heterocycles. The Balaban J connectivity index is 2.16. The van der Waals surface area contributed by atoms with E-state index in [-0.39, 0.29) is 0 Å². The topological polar surface area (TPSA) is 15.3 Å². The second-order valence-electron chi connectivity index (χ2n) is 6.13. The molecular formula is C18H30N2. The fraction of sp³-hybridized carbons (Fsp3) is 0.667. The predicted molar refractivity (Wildman–Crippen MR) is 87.1 cm³/mol. The van der Waals surface area contributed by atoms with E-state index >= 15 is 0 Å². The zero-order valence-corrected chi connectivity index (χ0v) is 13.5. The monoisotopic (exact) mass is 274 g/mol. The maximum atomic E-state index is 3.70. The van der Waals surface area contributed by atoms with Gasteiger partial charge in [0.05, 0.1) is 0 Å². The van der Waals surface area contributed by atoms with Crippen molar-refractivity contribution >= 4 is 0 Å². The van der Waals surface area contributed by atoms with E-state index in [1.165, 1.54) is 36.9 Å². The van der Waals surface area contributed by atoms with Crippen molar-refractivity contribution in [2.45, 2.75) is 65.1 Å². The number of likely N-dealkylation sites (N-methyl/N-ethyl adjacent to an activating group) is 1. The highest BCUT2D eigenvalue weighted by atomic mass is 15.2. The Labute approximate surface area is 124 Å². The third kappa shape index (κ3) is 3.42. The number of nitrogens with zero attached hydrogens (tertiary/aromatic N) is 1. The summed E-state index contributed by atoms with van der Waals surface area (Å²) in [6, 6.07) is 10.8. The van der Waals surface area contributed by atoms with Crippen molar-refractivity contribution in [2.75, 3.05) is 13.1 Å². The van der Waals surface area contributed by atoms with Gasteiger partial charge in [0, 0.05) is 18.1 Å². The summed E-state index contributed by atoms with van der Waals surface area (Å²) < 4.78 is 0. The molecule has 1 aromatic carbocycles. The predicted octanol–water partition coefficient (Wildman–Crippen LogP) is 3.91. The van der Waals surface area contributed by atoms with E-state index in [2.05, 4.69) is 62.2 Å². The standard InChI is InChI=1S/C18H30N2/c1-5-17-8-7-13-20(17)15(4)18(19-6-2)16-11-9-14(3)10-12-16/h9-12,15,17-19H,5-8,13H2,1-4H3. The highest BCUT2D eigenvalue weighted by molar-refractivity contribution is 5.25. The number of hydrogen-bond donors (Lipinski definition) is 1. The SMILES string of the molecule is CCNC(c1ccc(C)cc1)C(C)N1CCCC1CC. The minimum absolute atomic E-state index is 0.438. The Morgan fingerprint density at radius 2 is 1.95 bits per heavy atom. The molecule has 0 bridgehead atoms. The number of likely N-dealkylation sites (tertiary alicyclic amines) is 1. The molecule has 2 nitrogen and oxygen atoms in total. The highest BCUT2D eigenvalue weighted by Gasteiger charge is 2.31. The smallest absolute Gasteiger partial charge is 0.0475 e. The summed E-state index contributed by atoms with van der Waals surface area (Å²) in [6.07, 6.45) is 4.00. The van der Waals surface area contributed by atoms with Crippen molar-refractivity contribution in [1.82, 2.24) is 10.2 Å². The minimum Gasteiger partial charge on any atom is -0.309 e. The summed E-state index contributed by atoms with van der Waals surface area (Å²) >= 11 is 0. The van der Waals surface area contributed by atoms with E-state index in [1.807, 2.05) is 0 Å². The lowest BCUT2D eigenvalue weighted by atomic mass is 9.97. The number of nitrogens with one attached hydrogen (secondary N) is 1. The minimum atomic E-state index is 0.438. The summed E-state index contributed by atoms with van der Waals surface area (Å²) in [7, 11) is 0. The summed E-state index contributed by atoms with van der Waals surface area (Å²) in [5.74, 6) is 0. The third-order valence-corrected chi connectivity index (χ3v) is 4.76. The van der Waals surface area contributed by atoms with Crippen molar-refractivity contribution < 1.29 is 0 Å². The van der Waals surface area contributed by atoms with Crippen molar-refractivity contribution in [3.8, 4) is 0 Å². The van der Waals surface area contributed by atoms with Crippen LogP contribution in [0.5, 0.6) is 0 Å². The van der Waals surface area contributed by atoms with Crippen LogP contribution in [0.1, 0.15) is 57.2 Å². The van der Waals surface area contributed by atoms with Crippen LogP contribution in [0.4, 0.5) is 0 Å². The van der Waals surface area contributed by atoms with Gasteiger partial charge in [-0.15, -0.1) is 0 Å². The zero-order valence-electron chi connectivity index (χ0n) is 13.5. The Morgan fingerprint density at radius 1 is 1.25 bits per heavy atom. The average Bonchev–Trinajstić information content (AvgIpc) is 2.93. The Bertz CT molecular complexity index is 398. The molecule has 1 aliphatic rings. The number of benzene rings is 1. The van der Waals surface area contributed by atoms with Crippen LogP contribution in [0.25, 0.3) is 0 Å². The van der Waals surface area contributed by atoms with Crippen LogP contribution in [0.15, 0.2) is 24.3 Å². The van der Waals surface area contributed by atoms with Crippen molar-refractivity contribution in [3.63, 3.8) is 0 Å². The van der Waals surface area contributed by atoms with Crippen molar-refractivity contribution in [3.05, 3.63) is 35.4 Å². The van der Waals surface area contributed by atoms with Gasteiger partial charge in [-0.3, -0.25) is 4.90 Å². The first-order valence-corrected chi connectivity index (χ1v) is 8.23. The molecule has 112 valence electrons. The molecule has 0 radical (unpaired) electrons. The summed E-state index contributed by atoms with van der Waals surface area (Å²) in [5.41, 5.74) is 2.76. The van der Waals surface area contributed by atoms with Gasteiger partial charge in [0.1, 0.15) is 0 Å². The van der Waals surface area contributed by atoms with Gasteiger partial charge in [-0.2, -0.15) is 0 Å². The van der Waals surface area contributed by atoms with Gasteiger partial charge < -0.3 is 5.32 Å². The van der Waals surface area contributed by atoms with Crippen molar-refractivity contribution in [1.29, 1.82) is 0 Å². The first-order valence-electron chi connectivity index (χ1n) is 8.23. The van der Waals surface area contributed by atoms with Gasteiger partial charge in [0.2, 0.25) is 0 Å². The molecule has 1 heterocycles. The number of rotatable bonds is 6. The molecular weight excluding hydrogens is 244 g/mol. The van der Waals surface area contributed by atoms with Gasteiger partial charge >= 0.3 is 0 Å². The van der Waals surface area contributed by atoms with Crippen LogP contribution < -0.4 is 5.32 Å². The maximum absolute atomic E-state index is 3.70.